The van der Waals surface area contributed by atoms with Crippen molar-refractivity contribution >= 4 is 5.97 Å². The van der Waals surface area contributed by atoms with Crippen molar-refractivity contribution < 1.29 is 13.9 Å². The van der Waals surface area contributed by atoms with Crippen molar-refractivity contribution in [1.82, 2.24) is 4.90 Å². The first kappa shape index (κ1) is 14.6. The number of rotatable bonds is 8. The van der Waals surface area contributed by atoms with E-state index in [9.17, 15) is 9.18 Å². The van der Waals surface area contributed by atoms with Crippen LogP contribution in [0.1, 0.15) is 18.9 Å². The number of hydrogen-bond acceptors (Lipinski definition) is 3. The van der Waals surface area contributed by atoms with Gasteiger partial charge in [-0.25, -0.2) is 0 Å². The zero-order valence-corrected chi connectivity index (χ0v) is 10.8. The molecular formula is C14H20FNO2. The third kappa shape index (κ3) is 5.77. The smallest absolute Gasteiger partial charge is 0.320 e. The van der Waals surface area contributed by atoms with Crippen LogP contribution < -0.4 is 0 Å². The summed E-state index contributed by atoms with van der Waals surface area (Å²) in [6, 6.07) is 9.84. The number of alkyl halides is 1. The quantitative estimate of drug-likeness (QED) is 0.666. The lowest BCUT2D eigenvalue weighted by atomic mass is 10.2. The van der Waals surface area contributed by atoms with Crippen LogP contribution >= 0.6 is 0 Å². The first-order chi connectivity index (χ1) is 8.76. The maximum atomic E-state index is 12.2. The van der Waals surface area contributed by atoms with Gasteiger partial charge < -0.3 is 4.74 Å². The lowest BCUT2D eigenvalue weighted by Crippen LogP contribution is -2.31. The molecule has 0 N–H and O–H groups in total. The summed E-state index contributed by atoms with van der Waals surface area (Å²) in [6.07, 6.45) is 0.437. The molecule has 0 saturated heterocycles. The summed E-state index contributed by atoms with van der Waals surface area (Å²) >= 11 is 0. The van der Waals surface area contributed by atoms with Gasteiger partial charge in [0, 0.05) is 13.1 Å². The van der Waals surface area contributed by atoms with E-state index in [4.69, 9.17) is 4.74 Å². The molecule has 0 radical (unpaired) electrons. The van der Waals surface area contributed by atoms with Gasteiger partial charge in [-0.2, -0.15) is 0 Å². The Kier molecular flexibility index (Phi) is 7.03. The first-order valence-corrected chi connectivity index (χ1v) is 6.24. The van der Waals surface area contributed by atoms with E-state index in [0.29, 0.717) is 26.1 Å². The molecule has 100 valence electrons. The molecule has 18 heavy (non-hydrogen) atoms. The summed E-state index contributed by atoms with van der Waals surface area (Å²) in [7, 11) is 0. The molecule has 0 spiro atoms. The highest BCUT2D eigenvalue weighted by Crippen LogP contribution is 2.05. The second kappa shape index (κ2) is 8.64. The number of hydrogen-bond donors (Lipinski definition) is 0. The van der Waals surface area contributed by atoms with Crippen LogP contribution in [0.25, 0.3) is 0 Å². The van der Waals surface area contributed by atoms with Crippen molar-refractivity contribution in [2.75, 3.05) is 26.4 Å². The van der Waals surface area contributed by atoms with Crippen LogP contribution in [0.4, 0.5) is 4.39 Å². The molecule has 0 unspecified atom stereocenters. The Labute approximate surface area is 108 Å². The Balaban J connectivity index is 2.52. The van der Waals surface area contributed by atoms with Crippen molar-refractivity contribution in [2.45, 2.75) is 19.9 Å². The van der Waals surface area contributed by atoms with Crippen molar-refractivity contribution in [1.29, 1.82) is 0 Å². The summed E-state index contributed by atoms with van der Waals surface area (Å²) in [6.45, 7) is 3.20. The molecule has 0 saturated carbocycles. The van der Waals surface area contributed by atoms with Gasteiger partial charge in [-0.1, -0.05) is 30.3 Å². The molecule has 0 aliphatic carbocycles. The fraction of sp³-hybridized carbons (Fsp3) is 0.500. The Morgan fingerprint density at radius 3 is 2.67 bits per heavy atom. The molecule has 3 nitrogen and oxygen atoms in total. The van der Waals surface area contributed by atoms with Gasteiger partial charge >= 0.3 is 5.97 Å². The van der Waals surface area contributed by atoms with E-state index in [1.807, 2.05) is 35.2 Å². The number of halogens is 1. The molecule has 0 fully saturated rings. The number of ether oxygens (including phenoxy) is 1. The van der Waals surface area contributed by atoms with E-state index in [0.717, 1.165) is 5.56 Å². The molecule has 0 aliphatic rings. The standard InChI is InChI=1S/C14H20FNO2/c1-2-18-14(17)12-16(10-6-9-15)11-13-7-4-3-5-8-13/h3-5,7-8H,2,6,9-12H2,1H3. The van der Waals surface area contributed by atoms with E-state index in [2.05, 4.69) is 0 Å². The average Bonchev–Trinajstić information content (AvgIpc) is 2.37. The minimum absolute atomic E-state index is 0.211. The maximum absolute atomic E-state index is 12.2. The number of carbonyl (C=O) groups is 1. The van der Waals surface area contributed by atoms with Crippen molar-refractivity contribution in [3.63, 3.8) is 0 Å². The third-order valence-corrected chi connectivity index (χ3v) is 2.52. The van der Waals surface area contributed by atoms with Gasteiger partial charge in [-0.3, -0.25) is 14.1 Å². The Hall–Kier alpha value is -1.42. The highest BCUT2D eigenvalue weighted by atomic mass is 19.1. The lowest BCUT2D eigenvalue weighted by molar-refractivity contribution is -0.144. The molecule has 0 aromatic heterocycles. The molecule has 1 aromatic rings. The highest BCUT2D eigenvalue weighted by molar-refractivity contribution is 5.71. The minimum atomic E-state index is -0.367. The van der Waals surface area contributed by atoms with Gasteiger partial charge in [-0.05, 0) is 18.9 Å². The number of carbonyl (C=O) groups excluding carboxylic acids is 1. The summed E-state index contributed by atoms with van der Waals surface area (Å²) in [5, 5.41) is 0. The van der Waals surface area contributed by atoms with Crippen molar-refractivity contribution in [3.8, 4) is 0 Å². The second-order valence-corrected chi connectivity index (χ2v) is 4.04. The largest absolute Gasteiger partial charge is 0.465 e. The SMILES string of the molecule is CCOC(=O)CN(CCCF)Cc1ccccc1. The normalized spacial score (nSPS) is 10.6. The number of nitrogens with zero attached hydrogens (tertiary/aromatic N) is 1. The monoisotopic (exact) mass is 253 g/mol. The van der Waals surface area contributed by atoms with Crippen LogP contribution in [-0.4, -0.2) is 37.2 Å². The molecule has 1 aromatic carbocycles. The van der Waals surface area contributed by atoms with Gasteiger partial charge in [0.15, 0.2) is 0 Å². The van der Waals surface area contributed by atoms with Gasteiger partial charge in [0.25, 0.3) is 0 Å². The Morgan fingerprint density at radius 1 is 1.33 bits per heavy atom. The predicted molar refractivity (Wildman–Crippen MR) is 68.9 cm³/mol. The fourth-order valence-electron chi connectivity index (χ4n) is 1.73. The molecule has 4 heteroatoms. The van der Waals surface area contributed by atoms with Gasteiger partial charge in [0.2, 0.25) is 0 Å². The van der Waals surface area contributed by atoms with E-state index < -0.39 is 0 Å². The van der Waals surface area contributed by atoms with Gasteiger partial charge in [0.05, 0.1) is 19.8 Å². The summed E-state index contributed by atoms with van der Waals surface area (Å²) in [4.78, 5) is 13.4. The maximum Gasteiger partial charge on any atom is 0.320 e. The number of esters is 1. The fourth-order valence-corrected chi connectivity index (χ4v) is 1.73. The zero-order valence-electron chi connectivity index (χ0n) is 10.8. The van der Waals surface area contributed by atoms with Crippen molar-refractivity contribution in [2.24, 2.45) is 0 Å². The van der Waals surface area contributed by atoms with Crippen molar-refractivity contribution in [3.05, 3.63) is 35.9 Å². The van der Waals surface area contributed by atoms with E-state index in [1.165, 1.54) is 0 Å². The predicted octanol–water partition coefficient (Wildman–Crippen LogP) is 2.41. The summed E-state index contributed by atoms with van der Waals surface area (Å²) in [5.41, 5.74) is 1.11. The van der Waals surface area contributed by atoms with E-state index in [1.54, 1.807) is 6.92 Å². The van der Waals surface area contributed by atoms with E-state index >= 15 is 0 Å². The van der Waals surface area contributed by atoms with Gasteiger partial charge in [-0.15, -0.1) is 0 Å². The van der Waals surface area contributed by atoms with Crippen LogP contribution in [0.5, 0.6) is 0 Å². The topological polar surface area (TPSA) is 29.5 Å². The summed E-state index contributed by atoms with van der Waals surface area (Å²) in [5.74, 6) is -0.257. The molecule has 0 bridgehead atoms. The van der Waals surface area contributed by atoms with Crippen LogP contribution in [0.2, 0.25) is 0 Å². The van der Waals surface area contributed by atoms with Crippen LogP contribution in [-0.2, 0) is 16.1 Å². The molecule has 0 amide bonds. The third-order valence-electron chi connectivity index (χ3n) is 2.52. The Bertz CT molecular complexity index is 343. The second-order valence-electron chi connectivity index (χ2n) is 4.04. The molecule has 0 heterocycles. The van der Waals surface area contributed by atoms with Gasteiger partial charge in [0.1, 0.15) is 0 Å². The lowest BCUT2D eigenvalue weighted by Gasteiger charge is -2.20. The Morgan fingerprint density at radius 2 is 2.06 bits per heavy atom. The molecular weight excluding hydrogens is 233 g/mol. The van der Waals surface area contributed by atoms with Crippen LogP contribution in [0.3, 0.4) is 0 Å². The minimum Gasteiger partial charge on any atom is -0.465 e. The first-order valence-electron chi connectivity index (χ1n) is 6.24. The molecule has 1 rings (SSSR count). The number of benzene rings is 1. The zero-order chi connectivity index (χ0) is 13.2. The highest BCUT2D eigenvalue weighted by Gasteiger charge is 2.11. The van der Waals surface area contributed by atoms with E-state index in [-0.39, 0.29) is 19.2 Å². The van der Waals surface area contributed by atoms with Crippen LogP contribution in [0, 0.1) is 0 Å². The molecule has 0 atom stereocenters. The van der Waals surface area contributed by atoms with Crippen LogP contribution in [0.15, 0.2) is 30.3 Å². The molecule has 0 aliphatic heterocycles. The summed E-state index contributed by atoms with van der Waals surface area (Å²) < 4.78 is 17.2. The average molecular weight is 253 g/mol.